The van der Waals surface area contributed by atoms with Gasteiger partial charge in [-0.2, -0.15) is 11.8 Å². The van der Waals surface area contributed by atoms with Crippen molar-refractivity contribution in [2.45, 2.75) is 6.42 Å². The molecular weight excluding hydrogens is 194 g/mol. The van der Waals surface area contributed by atoms with Crippen molar-refractivity contribution in [3.05, 3.63) is 11.6 Å². The maximum absolute atomic E-state index is 8.49. The minimum absolute atomic E-state index is 0.301. The predicted molar refractivity (Wildman–Crippen MR) is 56.9 cm³/mol. The van der Waals surface area contributed by atoms with Crippen LogP contribution in [0.3, 0.4) is 0 Å². The van der Waals surface area contributed by atoms with E-state index in [4.69, 9.17) is 16.7 Å². The van der Waals surface area contributed by atoms with Gasteiger partial charge in [-0.3, -0.25) is 0 Å². The van der Waals surface area contributed by atoms with Gasteiger partial charge in [0.2, 0.25) is 0 Å². The van der Waals surface area contributed by atoms with Gasteiger partial charge < -0.3 is 10.4 Å². The molecular formula is C8H16ClNOS. The number of thioether (sulfide) groups is 1. The first-order chi connectivity index (χ1) is 5.91. The van der Waals surface area contributed by atoms with Crippen LogP contribution in [0.15, 0.2) is 11.6 Å². The van der Waals surface area contributed by atoms with Crippen LogP contribution in [0.2, 0.25) is 0 Å². The molecule has 0 aromatic heterocycles. The summed E-state index contributed by atoms with van der Waals surface area (Å²) in [6.07, 6.45) is 2.77. The summed E-state index contributed by atoms with van der Waals surface area (Å²) in [5.41, 5.74) is 1.52. The monoisotopic (exact) mass is 209 g/mol. The van der Waals surface area contributed by atoms with Crippen molar-refractivity contribution in [1.29, 1.82) is 0 Å². The molecule has 0 atom stereocenters. The Bertz CT molecular complexity index is 111. The first-order valence-electron chi connectivity index (χ1n) is 4.06. The molecule has 0 radical (unpaired) electrons. The van der Waals surface area contributed by atoms with E-state index >= 15 is 0 Å². The largest absolute Gasteiger partial charge is 0.396 e. The molecule has 2 N–H and O–H groups in total. The van der Waals surface area contributed by atoms with Crippen LogP contribution < -0.4 is 5.32 Å². The molecule has 0 saturated carbocycles. The van der Waals surface area contributed by atoms with E-state index < -0.39 is 0 Å². The van der Waals surface area contributed by atoms with E-state index in [0.717, 1.165) is 31.0 Å². The molecule has 0 aliphatic heterocycles. The number of hydrogen-bond donors (Lipinski definition) is 2. The lowest BCUT2D eigenvalue weighted by atomic mass is 10.5. The smallest absolute Gasteiger partial charge is 0.0438 e. The molecule has 0 bridgehead atoms. The van der Waals surface area contributed by atoms with E-state index in [9.17, 15) is 0 Å². The van der Waals surface area contributed by atoms with Crippen LogP contribution in [0.1, 0.15) is 6.42 Å². The topological polar surface area (TPSA) is 32.3 Å². The molecule has 12 heavy (non-hydrogen) atoms. The van der Waals surface area contributed by atoms with Gasteiger partial charge in [0.15, 0.2) is 0 Å². The zero-order valence-electron chi connectivity index (χ0n) is 7.13. The Hall–Kier alpha value is 0.300. The highest BCUT2D eigenvalue weighted by Crippen LogP contribution is 1.99. The van der Waals surface area contributed by atoms with E-state index in [1.165, 1.54) is 5.54 Å². The first-order valence-corrected chi connectivity index (χ1v) is 5.65. The Morgan fingerprint density at radius 3 is 2.92 bits per heavy atom. The van der Waals surface area contributed by atoms with Crippen molar-refractivity contribution in [1.82, 2.24) is 5.32 Å². The van der Waals surface area contributed by atoms with E-state index in [2.05, 4.69) is 5.32 Å². The van der Waals surface area contributed by atoms with Crippen LogP contribution in [-0.2, 0) is 0 Å². The number of nitrogens with one attached hydrogen (secondary N) is 1. The molecule has 0 fully saturated rings. The van der Waals surface area contributed by atoms with E-state index in [1.54, 1.807) is 0 Å². The second-order valence-corrected chi connectivity index (χ2v) is 3.73. The number of rotatable bonds is 8. The Morgan fingerprint density at radius 2 is 2.25 bits per heavy atom. The predicted octanol–water partition coefficient (Wildman–Crippen LogP) is 1.44. The van der Waals surface area contributed by atoms with Crippen LogP contribution in [0.25, 0.3) is 0 Å². The summed E-state index contributed by atoms with van der Waals surface area (Å²) in [6.45, 7) is 2.14. The van der Waals surface area contributed by atoms with Gasteiger partial charge >= 0.3 is 0 Å². The van der Waals surface area contributed by atoms with Gasteiger partial charge in [-0.25, -0.2) is 0 Å². The molecule has 0 saturated heterocycles. The van der Waals surface area contributed by atoms with Crippen molar-refractivity contribution in [2.75, 3.05) is 31.2 Å². The highest BCUT2D eigenvalue weighted by Gasteiger charge is 1.87. The Labute approximate surface area is 83.4 Å². The first kappa shape index (κ1) is 12.3. The molecule has 0 spiro atoms. The second kappa shape index (κ2) is 11.3. The number of aliphatic hydroxyl groups excluding tert-OH is 1. The van der Waals surface area contributed by atoms with E-state index in [1.807, 2.05) is 17.8 Å². The third-order valence-electron chi connectivity index (χ3n) is 1.22. The summed E-state index contributed by atoms with van der Waals surface area (Å²) in [5, 5.41) is 11.7. The molecule has 0 rings (SSSR count). The fourth-order valence-corrected chi connectivity index (χ4v) is 1.56. The molecule has 0 aliphatic rings. The van der Waals surface area contributed by atoms with Crippen molar-refractivity contribution < 1.29 is 5.11 Å². The quantitative estimate of drug-likeness (QED) is 0.594. The minimum Gasteiger partial charge on any atom is -0.396 e. The molecule has 0 aromatic carbocycles. The zero-order valence-corrected chi connectivity index (χ0v) is 8.70. The van der Waals surface area contributed by atoms with Crippen LogP contribution in [0.4, 0.5) is 0 Å². The lowest BCUT2D eigenvalue weighted by Gasteiger charge is -2.00. The molecule has 0 aromatic rings. The summed E-state index contributed by atoms with van der Waals surface area (Å²) < 4.78 is 0. The third-order valence-corrected chi connectivity index (χ3v) is 2.47. The average Bonchev–Trinajstić information content (AvgIpc) is 2.10. The lowest BCUT2D eigenvalue weighted by molar-refractivity contribution is 0.296. The van der Waals surface area contributed by atoms with Crippen LogP contribution >= 0.6 is 23.4 Å². The fourth-order valence-electron chi connectivity index (χ4n) is 0.643. The second-order valence-electron chi connectivity index (χ2n) is 2.26. The summed E-state index contributed by atoms with van der Waals surface area (Å²) in [4.78, 5) is 0. The minimum atomic E-state index is 0.301. The highest BCUT2D eigenvalue weighted by atomic mass is 35.5. The molecule has 0 unspecified atom stereocenters. The van der Waals surface area contributed by atoms with Gasteiger partial charge in [0.1, 0.15) is 0 Å². The van der Waals surface area contributed by atoms with Crippen molar-refractivity contribution in [3.63, 3.8) is 0 Å². The normalized spacial score (nSPS) is 11.2. The number of aliphatic hydroxyl groups is 1. The summed E-state index contributed by atoms with van der Waals surface area (Å²) >= 11 is 7.19. The Morgan fingerprint density at radius 1 is 1.42 bits per heavy atom. The standard InChI is InChI=1S/C8H16ClNOS/c9-3-1-4-10-5-8-12-7-2-6-11/h1,3,10-11H,2,4-8H2/b3-1+. The lowest BCUT2D eigenvalue weighted by Crippen LogP contribution is -2.16. The van der Waals surface area contributed by atoms with E-state index in [-0.39, 0.29) is 0 Å². The molecule has 0 heterocycles. The van der Waals surface area contributed by atoms with Crippen molar-refractivity contribution in [2.24, 2.45) is 0 Å². The SMILES string of the molecule is OCCCSCCNC/C=C/Cl. The maximum atomic E-state index is 8.49. The third kappa shape index (κ3) is 10.3. The van der Waals surface area contributed by atoms with Crippen molar-refractivity contribution in [3.8, 4) is 0 Å². The van der Waals surface area contributed by atoms with Crippen LogP contribution in [-0.4, -0.2) is 36.3 Å². The van der Waals surface area contributed by atoms with Gasteiger partial charge in [0.05, 0.1) is 0 Å². The van der Waals surface area contributed by atoms with Gasteiger partial charge in [0.25, 0.3) is 0 Å². The maximum Gasteiger partial charge on any atom is 0.0438 e. The summed E-state index contributed by atoms with van der Waals surface area (Å²) in [6, 6.07) is 0. The molecule has 0 amide bonds. The van der Waals surface area contributed by atoms with Gasteiger partial charge in [-0.05, 0) is 12.2 Å². The number of hydrogen-bond acceptors (Lipinski definition) is 3. The van der Waals surface area contributed by atoms with Crippen LogP contribution in [0.5, 0.6) is 0 Å². The zero-order chi connectivity index (χ0) is 9.07. The molecule has 4 heteroatoms. The summed E-state index contributed by atoms with van der Waals surface area (Å²) in [5.74, 6) is 2.14. The van der Waals surface area contributed by atoms with Gasteiger partial charge in [0, 0.05) is 31.0 Å². The van der Waals surface area contributed by atoms with E-state index in [0.29, 0.717) is 6.61 Å². The Balaban J connectivity index is 2.81. The van der Waals surface area contributed by atoms with Crippen molar-refractivity contribution >= 4 is 23.4 Å². The molecule has 0 aliphatic carbocycles. The van der Waals surface area contributed by atoms with Crippen LogP contribution in [0, 0.1) is 0 Å². The number of halogens is 1. The molecule has 72 valence electrons. The average molecular weight is 210 g/mol. The molecule has 2 nitrogen and oxygen atoms in total. The summed E-state index contributed by atoms with van der Waals surface area (Å²) in [7, 11) is 0. The Kier molecular flexibility index (Phi) is 11.6. The van der Waals surface area contributed by atoms with Gasteiger partial charge in [-0.1, -0.05) is 17.7 Å². The highest BCUT2D eigenvalue weighted by molar-refractivity contribution is 7.99. The fraction of sp³-hybridized carbons (Fsp3) is 0.750. The van der Waals surface area contributed by atoms with Gasteiger partial charge in [-0.15, -0.1) is 0 Å².